The van der Waals surface area contributed by atoms with E-state index in [4.69, 9.17) is 22.1 Å². The number of nitrogens with two attached hydrogens (primary N) is 1. The van der Waals surface area contributed by atoms with Gasteiger partial charge in [-0.15, -0.1) is 5.01 Å². The molecule has 3 aliphatic rings. The number of hydrogen-bond acceptors (Lipinski definition) is 6. The summed E-state index contributed by atoms with van der Waals surface area (Å²) in [4.78, 5) is 35.1. The number of aromatic nitrogens is 2. The molecule has 3 fully saturated rings. The summed E-state index contributed by atoms with van der Waals surface area (Å²) in [7, 11) is 0. The summed E-state index contributed by atoms with van der Waals surface area (Å²) in [5.74, 6) is 2.27. The zero-order chi connectivity index (χ0) is 25.2. The van der Waals surface area contributed by atoms with Gasteiger partial charge in [-0.25, -0.2) is 14.4 Å². The van der Waals surface area contributed by atoms with Gasteiger partial charge in [-0.3, -0.25) is 4.79 Å². The van der Waals surface area contributed by atoms with E-state index in [0.717, 1.165) is 44.2 Å². The van der Waals surface area contributed by atoms with Gasteiger partial charge in [0.15, 0.2) is 6.04 Å². The zero-order valence-electron chi connectivity index (χ0n) is 20.1. The first-order chi connectivity index (χ1) is 17.4. The monoisotopic (exact) mass is 517 g/mol. The predicted octanol–water partition coefficient (Wildman–Crippen LogP) is 3.34. The molecular weight excluding hydrogens is 487 g/mol. The zero-order valence-corrected chi connectivity index (χ0v) is 20.8. The summed E-state index contributed by atoms with van der Waals surface area (Å²) in [6.45, 7) is 2.72. The molecule has 36 heavy (non-hydrogen) atoms. The van der Waals surface area contributed by atoms with Gasteiger partial charge in [0.25, 0.3) is 6.54 Å². The minimum absolute atomic E-state index is 0.178. The van der Waals surface area contributed by atoms with Crippen molar-refractivity contribution in [2.45, 2.75) is 44.7 Å². The fraction of sp³-hybridized carbons (Fsp3) is 0.560. The van der Waals surface area contributed by atoms with Crippen molar-refractivity contribution in [2.24, 2.45) is 23.5 Å². The summed E-state index contributed by atoms with van der Waals surface area (Å²) in [5, 5.41) is 1.87. The molecule has 1 amide bonds. The van der Waals surface area contributed by atoms with E-state index in [1.807, 2.05) is 0 Å². The summed E-state index contributed by atoms with van der Waals surface area (Å²) in [6, 6.07) is 3.97. The van der Waals surface area contributed by atoms with Crippen molar-refractivity contribution in [1.82, 2.24) is 15.0 Å². The Labute approximate surface area is 214 Å². The minimum Gasteiger partial charge on any atom is -0.493 e. The Kier molecular flexibility index (Phi) is 7.22. The number of ether oxygens (including phenoxy) is 1. The molecule has 1 aliphatic carbocycles. The maximum absolute atomic E-state index is 14.6. The third-order valence-electron chi connectivity index (χ3n) is 7.71. The van der Waals surface area contributed by atoms with Crippen LogP contribution in [0.5, 0.6) is 5.75 Å². The minimum atomic E-state index is -0.607. The molecule has 5 rings (SSSR count). The van der Waals surface area contributed by atoms with Gasteiger partial charge >= 0.3 is 0 Å². The average Bonchev–Trinajstić information content (AvgIpc) is 3.60. The Morgan fingerprint density at radius 1 is 1.19 bits per heavy atom. The Morgan fingerprint density at radius 2 is 1.94 bits per heavy atom. The molecule has 1 saturated carbocycles. The summed E-state index contributed by atoms with van der Waals surface area (Å²) in [5.41, 5.74) is 5.53. The Morgan fingerprint density at radius 3 is 2.58 bits per heavy atom. The highest BCUT2D eigenvalue weighted by atomic mass is 35.5. The van der Waals surface area contributed by atoms with Crippen LogP contribution in [-0.4, -0.2) is 58.0 Å². The van der Waals surface area contributed by atoms with Gasteiger partial charge in [0.2, 0.25) is 11.9 Å². The van der Waals surface area contributed by atoms with Crippen LogP contribution in [0.1, 0.15) is 37.7 Å². The lowest BCUT2D eigenvalue weighted by Gasteiger charge is -2.32. The quantitative estimate of drug-likeness (QED) is 0.482. The number of carbonyl (C=O) groups is 1. The van der Waals surface area contributed by atoms with E-state index in [2.05, 4.69) is 14.9 Å². The standard InChI is InChI=1S/C25H30ClFN6O3/c26-19-13-29-25(30-14-19)31-7-3-16(4-8-31)21-11-17(21)6-10-36-20-2-1-18(22(27)12-20)15-33(35)32-9-5-23(32)24(28)34/h1-2,12-14,16-17,21,23H,3-11,15H2,(H-,28,34)/p+1. The number of rotatable bonds is 10. The molecule has 3 atom stereocenters. The van der Waals surface area contributed by atoms with Crippen molar-refractivity contribution < 1.29 is 18.8 Å². The molecule has 2 aliphatic heterocycles. The highest BCUT2D eigenvalue weighted by molar-refractivity contribution is 6.30. The van der Waals surface area contributed by atoms with Gasteiger partial charge in [0, 0.05) is 25.6 Å². The van der Waals surface area contributed by atoms with Gasteiger partial charge in [-0.2, -0.15) is 0 Å². The summed E-state index contributed by atoms with van der Waals surface area (Å²) < 4.78 is 20.4. The van der Waals surface area contributed by atoms with Crippen molar-refractivity contribution in [3.8, 4) is 5.75 Å². The first-order valence-electron chi connectivity index (χ1n) is 12.5. The van der Waals surface area contributed by atoms with E-state index in [1.165, 1.54) is 17.5 Å². The molecule has 0 radical (unpaired) electrons. The first kappa shape index (κ1) is 24.7. The van der Waals surface area contributed by atoms with Crippen molar-refractivity contribution in [2.75, 3.05) is 31.1 Å². The fourth-order valence-electron chi connectivity index (χ4n) is 5.42. The average molecular weight is 518 g/mol. The van der Waals surface area contributed by atoms with Crippen LogP contribution in [0, 0.1) is 28.5 Å². The number of piperidine rings is 1. The second kappa shape index (κ2) is 10.5. The second-order valence-electron chi connectivity index (χ2n) is 9.96. The Balaban J connectivity index is 1.02. The molecule has 1 aromatic heterocycles. The van der Waals surface area contributed by atoms with Crippen molar-refractivity contribution >= 4 is 23.5 Å². The molecule has 9 nitrogen and oxygen atoms in total. The van der Waals surface area contributed by atoms with E-state index in [-0.39, 0.29) is 12.1 Å². The van der Waals surface area contributed by atoms with E-state index in [1.54, 1.807) is 24.5 Å². The van der Waals surface area contributed by atoms with E-state index < -0.39 is 17.8 Å². The maximum atomic E-state index is 14.6. The van der Waals surface area contributed by atoms with Crippen LogP contribution in [0.2, 0.25) is 5.02 Å². The highest BCUT2D eigenvalue weighted by Crippen LogP contribution is 2.49. The van der Waals surface area contributed by atoms with Crippen molar-refractivity contribution in [1.29, 1.82) is 0 Å². The second-order valence-corrected chi connectivity index (χ2v) is 10.4. The number of nitrogens with zero attached hydrogens (tertiary/aromatic N) is 5. The van der Waals surface area contributed by atoms with Gasteiger partial charge in [0.1, 0.15) is 16.4 Å². The number of anilines is 1. The van der Waals surface area contributed by atoms with Crippen LogP contribution < -0.4 is 15.4 Å². The summed E-state index contributed by atoms with van der Waals surface area (Å²) >= 11 is 5.88. The third-order valence-corrected chi connectivity index (χ3v) is 7.90. The summed E-state index contributed by atoms with van der Waals surface area (Å²) in [6.07, 6.45) is 8.26. The number of benzene rings is 1. The van der Waals surface area contributed by atoms with Crippen molar-refractivity contribution in [3.05, 3.63) is 51.9 Å². The number of amides is 1. The molecule has 0 bridgehead atoms. The SMILES string of the molecule is NC(=O)C1CCN1[N+](=O)Cc1ccc(OCCC2CC2C2CCN(c3ncc(Cl)cn3)CC2)cc1F. The molecule has 2 aromatic rings. The molecule has 2 N–H and O–H groups in total. The highest BCUT2D eigenvalue weighted by Gasteiger charge is 2.44. The fourth-order valence-corrected chi connectivity index (χ4v) is 5.51. The topological polar surface area (TPSA) is 105 Å². The normalized spacial score (nSPS) is 23.8. The molecule has 11 heteroatoms. The van der Waals surface area contributed by atoms with Crippen LogP contribution in [0.25, 0.3) is 0 Å². The molecule has 3 unspecified atom stereocenters. The maximum Gasteiger partial charge on any atom is 0.253 e. The van der Waals surface area contributed by atoms with E-state index in [0.29, 0.717) is 47.0 Å². The number of primary amides is 1. The van der Waals surface area contributed by atoms with Gasteiger partial charge < -0.3 is 15.4 Å². The molecule has 3 heterocycles. The van der Waals surface area contributed by atoms with Gasteiger partial charge in [-0.1, -0.05) is 11.6 Å². The number of hydrazine groups is 1. The molecular formula is C25H31ClFN6O3+. The Bertz CT molecular complexity index is 1110. The number of nitroso groups, excluding NO2 is 1. The lowest BCUT2D eigenvalue weighted by molar-refractivity contribution is -0.738. The van der Waals surface area contributed by atoms with Gasteiger partial charge in [0.05, 0.1) is 41.0 Å². The van der Waals surface area contributed by atoms with Gasteiger partial charge in [-0.05, 0) is 55.6 Å². The van der Waals surface area contributed by atoms with Crippen LogP contribution >= 0.6 is 11.6 Å². The Hall–Kier alpha value is -3.01. The largest absolute Gasteiger partial charge is 0.493 e. The third kappa shape index (κ3) is 5.53. The van der Waals surface area contributed by atoms with Crippen LogP contribution in [0.3, 0.4) is 0 Å². The lowest BCUT2D eigenvalue weighted by atomic mass is 9.90. The van der Waals surface area contributed by atoms with Crippen LogP contribution in [-0.2, 0) is 11.3 Å². The number of halogens is 2. The molecule has 2 saturated heterocycles. The van der Waals surface area contributed by atoms with E-state index >= 15 is 0 Å². The molecule has 0 spiro atoms. The number of carbonyl (C=O) groups excluding carboxylic acids is 1. The lowest BCUT2D eigenvalue weighted by Crippen LogP contribution is -2.58. The first-order valence-corrected chi connectivity index (χ1v) is 12.9. The molecule has 192 valence electrons. The van der Waals surface area contributed by atoms with Crippen LogP contribution in [0.4, 0.5) is 10.3 Å². The number of hydrogen-bond donors (Lipinski definition) is 1. The van der Waals surface area contributed by atoms with Crippen molar-refractivity contribution in [3.63, 3.8) is 0 Å². The van der Waals surface area contributed by atoms with E-state index in [9.17, 15) is 14.1 Å². The molecule has 1 aromatic carbocycles. The smallest absolute Gasteiger partial charge is 0.253 e. The predicted molar refractivity (Wildman–Crippen MR) is 132 cm³/mol. The van der Waals surface area contributed by atoms with Crippen LogP contribution in [0.15, 0.2) is 30.6 Å².